The number of nitrogens with one attached hydrogen (secondary N) is 3. The second-order valence-electron chi connectivity index (χ2n) is 7.64. The van der Waals surface area contributed by atoms with Crippen LogP contribution < -0.4 is 16.6 Å². The van der Waals surface area contributed by atoms with Crippen molar-refractivity contribution in [2.24, 2.45) is 7.05 Å². The van der Waals surface area contributed by atoms with Gasteiger partial charge < -0.3 is 15.2 Å². The number of H-pyrrole nitrogens is 2. The molecule has 1 fully saturated rings. The second kappa shape index (κ2) is 9.18. The molecule has 2 aromatic rings. The number of carbonyl (C=O) groups excluding carboxylic acids is 1. The predicted molar refractivity (Wildman–Crippen MR) is 107 cm³/mol. The summed E-state index contributed by atoms with van der Waals surface area (Å²) in [6, 6.07) is 0.680. The number of rotatable bonds is 8. The molecule has 0 saturated carbocycles. The quantitative estimate of drug-likeness (QED) is 0.573. The predicted octanol–water partition coefficient (Wildman–Crippen LogP) is 0.653. The monoisotopic (exact) mass is 390 g/mol. The van der Waals surface area contributed by atoms with Crippen LogP contribution in [0, 0.1) is 0 Å². The number of fused-ring (bicyclic) bond motifs is 1. The molecule has 0 aliphatic carbocycles. The van der Waals surface area contributed by atoms with Crippen LogP contribution in [0.15, 0.2) is 9.59 Å². The van der Waals surface area contributed by atoms with Gasteiger partial charge in [0.15, 0.2) is 5.65 Å². The van der Waals surface area contributed by atoms with E-state index in [1.807, 2.05) is 0 Å². The molecule has 1 aliphatic rings. The summed E-state index contributed by atoms with van der Waals surface area (Å²) in [5, 5.41) is 2.95. The molecule has 0 radical (unpaired) electrons. The summed E-state index contributed by atoms with van der Waals surface area (Å²) < 4.78 is 1.28. The SMILES string of the molecule is CC1CCCCN1CCCCNC(=O)CCc1nc2c([nH]1)c(=O)[nH]c(=O)n2C. The molecule has 1 aliphatic heterocycles. The summed E-state index contributed by atoms with van der Waals surface area (Å²) in [6.07, 6.45) is 6.65. The Bertz CT molecular complexity index is 928. The number of carbonyl (C=O) groups is 1. The number of hydrogen-bond acceptors (Lipinski definition) is 5. The zero-order chi connectivity index (χ0) is 20.1. The average molecular weight is 390 g/mol. The molecule has 1 saturated heterocycles. The van der Waals surface area contributed by atoms with Gasteiger partial charge in [0.05, 0.1) is 0 Å². The van der Waals surface area contributed by atoms with Crippen LogP contribution in [-0.2, 0) is 18.3 Å². The van der Waals surface area contributed by atoms with E-state index in [1.54, 1.807) is 7.05 Å². The summed E-state index contributed by atoms with van der Waals surface area (Å²) in [7, 11) is 1.54. The molecule has 0 bridgehead atoms. The lowest BCUT2D eigenvalue weighted by atomic mass is 10.0. The number of imidazole rings is 1. The lowest BCUT2D eigenvalue weighted by Crippen LogP contribution is -2.38. The summed E-state index contributed by atoms with van der Waals surface area (Å²) in [5.41, 5.74) is -0.447. The van der Waals surface area contributed by atoms with Crippen LogP contribution in [0.5, 0.6) is 0 Å². The Balaban J connectivity index is 1.39. The minimum Gasteiger partial charge on any atom is -0.356 e. The Morgan fingerprint density at radius 3 is 2.86 bits per heavy atom. The normalized spacial score (nSPS) is 17.9. The van der Waals surface area contributed by atoms with E-state index < -0.39 is 11.2 Å². The topological polar surface area (TPSA) is 116 Å². The van der Waals surface area contributed by atoms with E-state index in [0.717, 1.165) is 19.4 Å². The van der Waals surface area contributed by atoms with Crippen molar-refractivity contribution in [3.8, 4) is 0 Å². The van der Waals surface area contributed by atoms with Gasteiger partial charge in [-0.2, -0.15) is 0 Å². The summed E-state index contributed by atoms with van der Waals surface area (Å²) in [6.45, 7) is 5.27. The minimum absolute atomic E-state index is 0.0328. The van der Waals surface area contributed by atoms with Crippen LogP contribution in [0.3, 0.4) is 0 Å². The molecule has 3 rings (SSSR count). The molecule has 154 valence electrons. The fourth-order valence-electron chi connectivity index (χ4n) is 3.75. The van der Waals surface area contributed by atoms with E-state index in [1.165, 1.54) is 30.4 Å². The third kappa shape index (κ3) is 4.89. The van der Waals surface area contributed by atoms with E-state index in [4.69, 9.17) is 0 Å². The number of nitrogens with zero attached hydrogens (tertiary/aromatic N) is 3. The molecular formula is C19H30N6O3. The maximum atomic E-state index is 12.1. The van der Waals surface area contributed by atoms with Crippen LogP contribution in [-0.4, -0.2) is 56.0 Å². The molecule has 9 heteroatoms. The van der Waals surface area contributed by atoms with Gasteiger partial charge >= 0.3 is 5.69 Å². The number of aromatic nitrogens is 4. The number of aromatic amines is 2. The van der Waals surface area contributed by atoms with Gasteiger partial charge in [-0.25, -0.2) is 9.78 Å². The lowest BCUT2D eigenvalue weighted by Gasteiger charge is -2.33. The van der Waals surface area contributed by atoms with Crippen LogP contribution in [0.1, 0.15) is 51.3 Å². The molecule has 1 amide bonds. The first kappa shape index (κ1) is 20.3. The second-order valence-corrected chi connectivity index (χ2v) is 7.64. The Kier molecular flexibility index (Phi) is 6.66. The number of amides is 1. The molecule has 3 N–H and O–H groups in total. The van der Waals surface area contributed by atoms with Gasteiger partial charge in [0, 0.05) is 32.5 Å². The van der Waals surface area contributed by atoms with Crippen molar-refractivity contribution in [3.05, 3.63) is 26.7 Å². The maximum Gasteiger partial charge on any atom is 0.329 e. The number of unbranched alkanes of at least 4 members (excludes halogenated alkanes) is 1. The van der Waals surface area contributed by atoms with E-state index in [0.29, 0.717) is 30.5 Å². The standard InChI is InChI=1S/C19H30N6O3/c1-13-7-3-5-11-25(13)12-6-4-10-20-15(26)9-8-14-21-16-17(22-14)24(2)19(28)23-18(16)27/h13H,3-12H2,1-2H3,(H,20,26)(H,21,22)(H,23,27,28). The van der Waals surface area contributed by atoms with Gasteiger partial charge in [-0.15, -0.1) is 0 Å². The Morgan fingerprint density at radius 2 is 2.07 bits per heavy atom. The molecular weight excluding hydrogens is 360 g/mol. The highest BCUT2D eigenvalue weighted by atomic mass is 16.2. The molecule has 9 nitrogen and oxygen atoms in total. The molecule has 3 heterocycles. The maximum absolute atomic E-state index is 12.1. The Hall–Kier alpha value is -2.42. The van der Waals surface area contributed by atoms with Gasteiger partial charge in [0.25, 0.3) is 5.56 Å². The van der Waals surface area contributed by atoms with Crippen molar-refractivity contribution < 1.29 is 4.79 Å². The highest BCUT2D eigenvalue weighted by molar-refractivity contribution is 5.76. The highest BCUT2D eigenvalue weighted by Gasteiger charge is 2.17. The van der Waals surface area contributed by atoms with Gasteiger partial charge in [0.1, 0.15) is 11.3 Å². The molecule has 0 spiro atoms. The Morgan fingerprint density at radius 1 is 1.25 bits per heavy atom. The van der Waals surface area contributed by atoms with Gasteiger partial charge in [-0.1, -0.05) is 6.42 Å². The number of aryl methyl sites for hydroxylation is 2. The van der Waals surface area contributed by atoms with Crippen molar-refractivity contribution in [1.82, 2.24) is 29.7 Å². The van der Waals surface area contributed by atoms with Gasteiger partial charge in [-0.05, 0) is 45.7 Å². The highest BCUT2D eigenvalue weighted by Crippen LogP contribution is 2.16. The van der Waals surface area contributed by atoms with Crippen molar-refractivity contribution in [2.75, 3.05) is 19.6 Å². The summed E-state index contributed by atoms with van der Waals surface area (Å²) in [5.74, 6) is 0.491. The first-order chi connectivity index (χ1) is 13.5. The first-order valence-corrected chi connectivity index (χ1v) is 10.1. The van der Waals surface area contributed by atoms with Gasteiger partial charge in [0.2, 0.25) is 5.91 Å². The fourth-order valence-corrected chi connectivity index (χ4v) is 3.75. The number of piperidine rings is 1. The first-order valence-electron chi connectivity index (χ1n) is 10.1. The third-order valence-corrected chi connectivity index (χ3v) is 5.53. The van der Waals surface area contributed by atoms with E-state index in [9.17, 15) is 14.4 Å². The fraction of sp³-hybridized carbons (Fsp3) is 0.684. The van der Waals surface area contributed by atoms with Crippen LogP contribution >= 0.6 is 0 Å². The van der Waals surface area contributed by atoms with E-state index in [-0.39, 0.29) is 17.8 Å². The third-order valence-electron chi connectivity index (χ3n) is 5.53. The van der Waals surface area contributed by atoms with Crippen molar-refractivity contribution in [3.63, 3.8) is 0 Å². The lowest BCUT2D eigenvalue weighted by molar-refractivity contribution is -0.121. The van der Waals surface area contributed by atoms with Crippen LogP contribution in [0.25, 0.3) is 11.2 Å². The molecule has 28 heavy (non-hydrogen) atoms. The van der Waals surface area contributed by atoms with Crippen LogP contribution in [0.4, 0.5) is 0 Å². The van der Waals surface area contributed by atoms with Crippen molar-refractivity contribution in [2.45, 2.75) is 57.9 Å². The average Bonchev–Trinajstić information content (AvgIpc) is 3.11. The minimum atomic E-state index is -0.507. The Labute approximate surface area is 163 Å². The van der Waals surface area contributed by atoms with E-state index in [2.05, 4.69) is 32.1 Å². The van der Waals surface area contributed by atoms with Crippen molar-refractivity contribution >= 4 is 17.1 Å². The van der Waals surface area contributed by atoms with Crippen molar-refractivity contribution in [1.29, 1.82) is 0 Å². The zero-order valence-electron chi connectivity index (χ0n) is 16.7. The largest absolute Gasteiger partial charge is 0.356 e. The zero-order valence-corrected chi connectivity index (χ0v) is 16.7. The molecule has 1 unspecified atom stereocenters. The number of likely N-dealkylation sites (tertiary alicyclic amines) is 1. The van der Waals surface area contributed by atoms with E-state index >= 15 is 0 Å². The number of hydrogen-bond donors (Lipinski definition) is 3. The van der Waals surface area contributed by atoms with Crippen LogP contribution in [0.2, 0.25) is 0 Å². The molecule has 2 aromatic heterocycles. The smallest absolute Gasteiger partial charge is 0.329 e. The molecule has 0 aromatic carbocycles. The molecule has 1 atom stereocenters. The van der Waals surface area contributed by atoms with Gasteiger partial charge in [-0.3, -0.25) is 19.1 Å². The summed E-state index contributed by atoms with van der Waals surface area (Å²) >= 11 is 0. The summed E-state index contributed by atoms with van der Waals surface area (Å²) in [4.78, 5) is 47.4.